The summed E-state index contributed by atoms with van der Waals surface area (Å²) in [5.74, 6) is 0.975. The van der Waals surface area contributed by atoms with Gasteiger partial charge in [0.15, 0.2) is 0 Å². The number of allylic oxidation sites excluding steroid dienone is 1. The van der Waals surface area contributed by atoms with Gasteiger partial charge in [0.1, 0.15) is 0 Å². The van der Waals surface area contributed by atoms with Crippen molar-refractivity contribution < 1.29 is 9.59 Å². The van der Waals surface area contributed by atoms with Crippen molar-refractivity contribution in [2.24, 2.45) is 5.73 Å². The maximum Gasteiger partial charge on any atom is 0.315 e. The number of thioether (sulfide) groups is 1. The average Bonchev–Trinajstić information content (AvgIpc) is 2.93. The SMILES string of the molecule is CC(N)=C=C(C)NC(=O)CCCCC1SCC2NC(=O)NC21. The van der Waals surface area contributed by atoms with E-state index in [1.165, 1.54) is 0 Å². The molecule has 7 heteroatoms. The fraction of sp³-hybridized carbons (Fsp3) is 0.667. The van der Waals surface area contributed by atoms with Gasteiger partial charge >= 0.3 is 6.03 Å². The topological polar surface area (TPSA) is 96.2 Å². The molecule has 0 aromatic rings. The van der Waals surface area contributed by atoms with Gasteiger partial charge in [-0.05, 0) is 26.7 Å². The molecule has 0 bridgehead atoms. The van der Waals surface area contributed by atoms with E-state index in [2.05, 4.69) is 21.7 Å². The zero-order valence-corrected chi connectivity index (χ0v) is 13.9. The number of fused-ring (bicyclic) bond motifs is 1. The summed E-state index contributed by atoms with van der Waals surface area (Å²) < 4.78 is 0. The summed E-state index contributed by atoms with van der Waals surface area (Å²) in [4.78, 5) is 23.1. The summed E-state index contributed by atoms with van der Waals surface area (Å²) in [5, 5.41) is 9.15. The van der Waals surface area contributed by atoms with Gasteiger partial charge in [-0.15, -0.1) is 0 Å². The van der Waals surface area contributed by atoms with E-state index in [-0.39, 0.29) is 24.0 Å². The van der Waals surface area contributed by atoms with Crippen molar-refractivity contribution in [3.05, 3.63) is 17.1 Å². The molecule has 3 atom stereocenters. The summed E-state index contributed by atoms with van der Waals surface area (Å²) >= 11 is 1.90. The summed E-state index contributed by atoms with van der Waals surface area (Å²) in [7, 11) is 0. The van der Waals surface area contributed by atoms with Gasteiger partial charge in [-0.3, -0.25) is 4.79 Å². The minimum atomic E-state index is -0.0507. The summed E-state index contributed by atoms with van der Waals surface area (Å²) in [5.41, 5.74) is 9.58. The van der Waals surface area contributed by atoms with Gasteiger partial charge in [-0.2, -0.15) is 11.8 Å². The molecule has 0 aromatic carbocycles. The van der Waals surface area contributed by atoms with Crippen molar-refractivity contribution in [1.29, 1.82) is 0 Å². The molecular weight excluding hydrogens is 300 g/mol. The third-order valence-corrected chi connectivity index (χ3v) is 5.30. The van der Waals surface area contributed by atoms with Gasteiger partial charge in [-0.25, -0.2) is 4.79 Å². The standard InChI is InChI=1S/C15H24N4O2S/c1-9(16)7-10(2)17-13(20)6-4-3-5-12-14-11(8-22-12)18-15(21)19-14/h11-12,14H,3-6,8,16H2,1-2H3,(H,17,20)(H2,18,19,21). The molecule has 2 saturated heterocycles. The first-order valence-corrected chi connectivity index (χ1v) is 8.68. The molecule has 0 aliphatic carbocycles. The number of amides is 3. The molecule has 3 unspecified atom stereocenters. The molecule has 0 radical (unpaired) electrons. The Morgan fingerprint density at radius 2 is 2.18 bits per heavy atom. The normalized spacial score (nSPS) is 25.7. The van der Waals surface area contributed by atoms with Gasteiger partial charge in [-0.1, -0.05) is 12.2 Å². The van der Waals surface area contributed by atoms with Crippen molar-refractivity contribution in [1.82, 2.24) is 16.0 Å². The highest BCUT2D eigenvalue weighted by Crippen LogP contribution is 2.33. The second kappa shape index (κ2) is 7.61. The van der Waals surface area contributed by atoms with E-state index in [0.717, 1.165) is 25.0 Å². The summed E-state index contributed by atoms with van der Waals surface area (Å²) in [6, 6.07) is 0.462. The average molecular weight is 324 g/mol. The Labute approximate surface area is 135 Å². The highest BCUT2D eigenvalue weighted by atomic mass is 32.2. The first-order valence-electron chi connectivity index (χ1n) is 7.64. The van der Waals surface area contributed by atoms with E-state index < -0.39 is 0 Å². The van der Waals surface area contributed by atoms with Crippen molar-refractivity contribution in [2.75, 3.05) is 5.75 Å². The fourth-order valence-electron chi connectivity index (χ4n) is 2.87. The zero-order valence-electron chi connectivity index (χ0n) is 13.1. The number of nitrogens with one attached hydrogen (secondary N) is 3. The van der Waals surface area contributed by atoms with Crippen LogP contribution in [0.5, 0.6) is 0 Å². The van der Waals surface area contributed by atoms with E-state index in [4.69, 9.17) is 5.73 Å². The fourth-order valence-corrected chi connectivity index (χ4v) is 4.42. The van der Waals surface area contributed by atoms with Gasteiger partial charge in [0, 0.05) is 23.1 Å². The van der Waals surface area contributed by atoms with Crippen molar-refractivity contribution in [3.8, 4) is 0 Å². The summed E-state index contributed by atoms with van der Waals surface area (Å²) in [6.07, 6.45) is 3.36. The van der Waals surface area contributed by atoms with Crippen molar-refractivity contribution in [3.63, 3.8) is 0 Å². The Balaban J connectivity index is 1.64. The van der Waals surface area contributed by atoms with E-state index in [9.17, 15) is 9.59 Å². The van der Waals surface area contributed by atoms with Crippen LogP contribution in [-0.2, 0) is 4.79 Å². The van der Waals surface area contributed by atoms with Crippen LogP contribution in [0, 0.1) is 0 Å². The van der Waals surface area contributed by atoms with Crippen LogP contribution in [0.3, 0.4) is 0 Å². The molecule has 0 spiro atoms. The lowest BCUT2D eigenvalue weighted by Crippen LogP contribution is -2.36. The monoisotopic (exact) mass is 324 g/mol. The Bertz CT molecular complexity index is 510. The molecule has 2 fully saturated rings. The quantitative estimate of drug-likeness (QED) is 0.335. The van der Waals surface area contributed by atoms with Crippen LogP contribution in [0.1, 0.15) is 39.5 Å². The Kier molecular flexibility index (Phi) is 5.80. The van der Waals surface area contributed by atoms with Crippen LogP contribution in [0.4, 0.5) is 4.79 Å². The van der Waals surface area contributed by atoms with Crippen LogP contribution in [0.15, 0.2) is 17.1 Å². The first-order chi connectivity index (χ1) is 10.5. The minimum absolute atomic E-state index is 0.000891. The molecule has 122 valence electrons. The van der Waals surface area contributed by atoms with E-state index in [1.807, 2.05) is 11.8 Å². The van der Waals surface area contributed by atoms with Crippen LogP contribution in [0.25, 0.3) is 0 Å². The number of carbonyl (C=O) groups is 2. The Morgan fingerprint density at radius 1 is 1.41 bits per heavy atom. The highest BCUT2D eigenvalue weighted by molar-refractivity contribution is 8.00. The Hall–Kier alpha value is -1.59. The second-order valence-corrected chi connectivity index (χ2v) is 7.12. The molecule has 6 nitrogen and oxygen atoms in total. The number of nitrogens with two attached hydrogens (primary N) is 1. The molecule has 22 heavy (non-hydrogen) atoms. The van der Waals surface area contributed by atoms with Crippen LogP contribution < -0.4 is 21.7 Å². The molecular formula is C15H24N4O2S. The molecule has 3 amide bonds. The van der Waals surface area contributed by atoms with Crippen molar-refractivity contribution >= 4 is 23.7 Å². The number of unbranched alkanes of at least 4 members (excludes halogenated alkanes) is 1. The molecule has 5 N–H and O–H groups in total. The van der Waals surface area contributed by atoms with Gasteiger partial charge in [0.2, 0.25) is 5.91 Å². The third-order valence-electron chi connectivity index (χ3n) is 3.79. The molecule has 0 saturated carbocycles. The lowest BCUT2D eigenvalue weighted by atomic mass is 10.0. The lowest BCUT2D eigenvalue weighted by Gasteiger charge is -2.16. The molecule has 2 aliphatic rings. The lowest BCUT2D eigenvalue weighted by molar-refractivity contribution is -0.120. The number of hydrogen-bond donors (Lipinski definition) is 4. The van der Waals surface area contributed by atoms with E-state index in [0.29, 0.717) is 23.1 Å². The van der Waals surface area contributed by atoms with E-state index in [1.54, 1.807) is 13.8 Å². The summed E-state index contributed by atoms with van der Waals surface area (Å²) in [6.45, 7) is 3.51. The first kappa shape index (κ1) is 16.8. The number of hydrogen-bond acceptors (Lipinski definition) is 4. The number of carbonyl (C=O) groups excluding carboxylic acids is 2. The molecule has 2 rings (SSSR count). The Morgan fingerprint density at radius 3 is 2.91 bits per heavy atom. The van der Waals surface area contributed by atoms with Crippen LogP contribution >= 0.6 is 11.8 Å². The maximum atomic E-state index is 11.8. The smallest absolute Gasteiger partial charge is 0.315 e. The second-order valence-electron chi connectivity index (χ2n) is 5.85. The minimum Gasteiger partial charge on any atom is -0.396 e. The highest BCUT2D eigenvalue weighted by Gasteiger charge is 2.42. The molecule has 2 aliphatic heterocycles. The van der Waals surface area contributed by atoms with Gasteiger partial charge in [0.25, 0.3) is 0 Å². The maximum absolute atomic E-state index is 11.8. The van der Waals surface area contributed by atoms with Gasteiger partial charge in [0.05, 0.1) is 17.8 Å². The molecule has 0 aromatic heterocycles. The number of rotatable bonds is 6. The van der Waals surface area contributed by atoms with Gasteiger partial charge < -0.3 is 21.7 Å². The largest absolute Gasteiger partial charge is 0.396 e. The third kappa shape index (κ3) is 4.71. The predicted octanol–water partition coefficient (Wildman–Crippen LogP) is 1.19. The van der Waals surface area contributed by atoms with Crippen LogP contribution in [0.2, 0.25) is 0 Å². The van der Waals surface area contributed by atoms with Crippen LogP contribution in [-0.4, -0.2) is 35.0 Å². The number of urea groups is 1. The van der Waals surface area contributed by atoms with Crippen molar-refractivity contribution in [2.45, 2.75) is 56.9 Å². The molecule has 2 heterocycles. The van der Waals surface area contributed by atoms with E-state index >= 15 is 0 Å². The predicted molar refractivity (Wildman–Crippen MR) is 88.2 cm³/mol. The zero-order chi connectivity index (χ0) is 16.1.